The lowest BCUT2D eigenvalue weighted by Crippen LogP contribution is -2.22. The second kappa shape index (κ2) is 6.43. The molecule has 0 fully saturated rings. The molecule has 106 valence electrons. The summed E-state index contributed by atoms with van der Waals surface area (Å²) in [5.74, 6) is 0. The van der Waals surface area contributed by atoms with Gasteiger partial charge in [0.25, 0.3) is 0 Å². The lowest BCUT2D eigenvalue weighted by Gasteiger charge is -2.15. The van der Waals surface area contributed by atoms with Crippen LogP contribution in [0.1, 0.15) is 30.5 Å². The molecule has 2 rings (SSSR count). The number of nitrogens with one attached hydrogen (secondary N) is 1. The van der Waals surface area contributed by atoms with Gasteiger partial charge in [0.15, 0.2) is 0 Å². The minimum Gasteiger partial charge on any atom is -0.310 e. The van der Waals surface area contributed by atoms with Crippen molar-refractivity contribution in [1.82, 2.24) is 5.32 Å². The highest BCUT2D eigenvalue weighted by Gasteiger charge is 2.09. The maximum Gasteiger partial charge on any atom is 0.0412 e. The monoisotopic (exact) mass is 287 g/mol. The van der Waals surface area contributed by atoms with Gasteiger partial charge >= 0.3 is 0 Å². The number of benzene rings is 2. The molecule has 1 nitrogen and oxygen atoms in total. The Morgan fingerprint density at radius 3 is 2.40 bits per heavy atom. The van der Waals surface area contributed by atoms with Gasteiger partial charge in [0.1, 0.15) is 0 Å². The Kier molecular flexibility index (Phi) is 4.85. The first-order valence-corrected chi connectivity index (χ1v) is 7.44. The van der Waals surface area contributed by atoms with Crippen molar-refractivity contribution >= 4 is 11.6 Å². The van der Waals surface area contributed by atoms with Crippen molar-refractivity contribution in [3.05, 3.63) is 58.1 Å². The zero-order valence-electron chi connectivity index (χ0n) is 12.6. The molecule has 2 aromatic carbocycles. The molecule has 0 aliphatic rings. The van der Waals surface area contributed by atoms with Crippen LogP contribution < -0.4 is 5.32 Å². The largest absolute Gasteiger partial charge is 0.310 e. The van der Waals surface area contributed by atoms with E-state index < -0.39 is 0 Å². The summed E-state index contributed by atoms with van der Waals surface area (Å²) < 4.78 is 0. The van der Waals surface area contributed by atoms with Crippen molar-refractivity contribution in [2.24, 2.45) is 0 Å². The van der Waals surface area contributed by atoms with Gasteiger partial charge in [-0.3, -0.25) is 0 Å². The molecule has 0 aliphatic heterocycles. The van der Waals surface area contributed by atoms with E-state index in [0.717, 1.165) is 11.6 Å². The Labute approximate surface area is 127 Å². The van der Waals surface area contributed by atoms with E-state index >= 15 is 0 Å². The van der Waals surface area contributed by atoms with E-state index in [-0.39, 0.29) is 0 Å². The molecular weight excluding hydrogens is 266 g/mol. The van der Waals surface area contributed by atoms with Gasteiger partial charge in [-0.25, -0.2) is 0 Å². The van der Waals surface area contributed by atoms with Crippen LogP contribution in [0.15, 0.2) is 36.4 Å². The lowest BCUT2D eigenvalue weighted by molar-refractivity contribution is 0.589. The van der Waals surface area contributed by atoms with Crippen LogP contribution in [0, 0.1) is 13.8 Å². The van der Waals surface area contributed by atoms with E-state index in [0.29, 0.717) is 6.04 Å². The zero-order valence-corrected chi connectivity index (χ0v) is 13.4. The normalized spacial score (nSPS) is 11.1. The summed E-state index contributed by atoms with van der Waals surface area (Å²) in [5.41, 5.74) is 6.35. The highest BCUT2D eigenvalue weighted by molar-refractivity contribution is 6.30. The molecular formula is C18H22ClN. The third-order valence-electron chi connectivity index (χ3n) is 3.44. The van der Waals surface area contributed by atoms with E-state index in [9.17, 15) is 0 Å². The second-order valence-electron chi connectivity index (χ2n) is 5.66. The molecule has 2 aromatic rings. The average molecular weight is 288 g/mol. The molecule has 1 N–H and O–H groups in total. The number of hydrogen-bond acceptors (Lipinski definition) is 1. The van der Waals surface area contributed by atoms with Gasteiger partial charge in [0, 0.05) is 17.6 Å². The van der Waals surface area contributed by atoms with E-state index in [1.807, 2.05) is 6.07 Å². The van der Waals surface area contributed by atoms with E-state index in [4.69, 9.17) is 11.6 Å². The third kappa shape index (κ3) is 3.62. The first kappa shape index (κ1) is 15.1. The first-order valence-electron chi connectivity index (χ1n) is 7.07. The highest BCUT2D eigenvalue weighted by Crippen LogP contribution is 2.30. The molecule has 0 heterocycles. The van der Waals surface area contributed by atoms with Crippen LogP contribution in [-0.4, -0.2) is 6.04 Å². The van der Waals surface area contributed by atoms with E-state index in [2.05, 4.69) is 63.3 Å². The molecule has 0 spiro atoms. The van der Waals surface area contributed by atoms with Crippen molar-refractivity contribution in [2.45, 2.75) is 40.3 Å². The summed E-state index contributed by atoms with van der Waals surface area (Å²) in [4.78, 5) is 0. The highest BCUT2D eigenvalue weighted by atomic mass is 35.5. The Morgan fingerprint density at radius 2 is 1.75 bits per heavy atom. The number of rotatable bonds is 4. The molecule has 0 bridgehead atoms. The maximum absolute atomic E-state index is 6.19. The van der Waals surface area contributed by atoms with Gasteiger partial charge in [0.05, 0.1) is 0 Å². The van der Waals surface area contributed by atoms with Gasteiger partial charge in [-0.15, -0.1) is 0 Å². The smallest absolute Gasteiger partial charge is 0.0412 e. The van der Waals surface area contributed by atoms with Crippen LogP contribution >= 0.6 is 11.6 Å². The van der Waals surface area contributed by atoms with Gasteiger partial charge < -0.3 is 5.32 Å². The summed E-state index contributed by atoms with van der Waals surface area (Å²) in [7, 11) is 0. The quantitative estimate of drug-likeness (QED) is 0.823. The van der Waals surface area contributed by atoms with Crippen LogP contribution in [0.25, 0.3) is 11.1 Å². The molecule has 0 aromatic heterocycles. The van der Waals surface area contributed by atoms with Crippen molar-refractivity contribution in [3.8, 4) is 11.1 Å². The predicted octanol–water partition coefficient (Wildman–Crippen LogP) is 5.12. The molecule has 0 aliphatic carbocycles. The molecule has 0 amide bonds. The number of halogens is 1. The number of aryl methyl sites for hydroxylation is 2. The SMILES string of the molecule is Cc1ccc(-c2cc(Cl)ccc2CNC(C)C)c(C)c1. The van der Waals surface area contributed by atoms with Crippen LogP contribution in [-0.2, 0) is 6.54 Å². The fraction of sp³-hybridized carbons (Fsp3) is 0.333. The average Bonchev–Trinajstić information content (AvgIpc) is 2.37. The van der Waals surface area contributed by atoms with E-state index in [1.54, 1.807) is 0 Å². The predicted molar refractivity (Wildman–Crippen MR) is 88.3 cm³/mol. The minimum atomic E-state index is 0.470. The molecule has 0 radical (unpaired) electrons. The molecule has 0 saturated heterocycles. The number of hydrogen-bond donors (Lipinski definition) is 1. The van der Waals surface area contributed by atoms with Gasteiger partial charge in [-0.2, -0.15) is 0 Å². The van der Waals surface area contributed by atoms with Crippen molar-refractivity contribution in [1.29, 1.82) is 0 Å². The Balaban J connectivity index is 2.45. The maximum atomic E-state index is 6.19. The third-order valence-corrected chi connectivity index (χ3v) is 3.68. The van der Waals surface area contributed by atoms with Crippen LogP contribution in [0.4, 0.5) is 0 Å². The summed E-state index contributed by atoms with van der Waals surface area (Å²) in [5, 5.41) is 4.26. The Hall–Kier alpha value is -1.31. The summed E-state index contributed by atoms with van der Waals surface area (Å²) >= 11 is 6.19. The fourth-order valence-electron chi connectivity index (χ4n) is 2.38. The molecule has 2 heteroatoms. The van der Waals surface area contributed by atoms with Crippen LogP contribution in [0.3, 0.4) is 0 Å². The molecule has 20 heavy (non-hydrogen) atoms. The van der Waals surface area contributed by atoms with Gasteiger partial charge in [0.2, 0.25) is 0 Å². The van der Waals surface area contributed by atoms with Gasteiger partial charge in [-0.1, -0.05) is 55.3 Å². The standard InChI is InChI=1S/C18H22ClN/c1-12(2)20-11-15-6-7-16(19)10-18(15)17-8-5-13(3)9-14(17)4/h5-10,12,20H,11H2,1-4H3. The summed E-state index contributed by atoms with van der Waals surface area (Å²) in [6.45, 7) is 9.45. The molecule has 0 saturated carbocycles. The zero-order chi connectivity index (χ0) is 14.7. The molecule has 0 atom stereocenters. The van der Waals surface area contributed by atoms with Crippen LogP contribution in [0.5, 0.6) is 0 Å². The van der Waals surface area contributed by atoms with Crippen LogP contribution in [0.2, 0.25) is 5.02 Å². The molecule has 0 unspecified atom stereocenters. The second-order valence-corrected chi connectivity index (χ2v) is 6.09. The van der Waals surface area contributed by atoms with Crippen molar-refractivity contribution in [2.75, 3.05) is 0 Å². The fourth-order valence-corrected chi connectivity index (χ4v) is 2.56. The first-order chi connectivity index (χ1) is 9.47. The topological polar surface area (TPSA) is 12.0 Å². The van der Waals surface area contributed by atoms with Crippen molar-refractivity contribution < 1.29 is 0 Å². The minimum absolute atomic E-state index is 0.470. The van der Waals surface area contributed by atoms with Gasteiger partial charge in [-0.05, 0) is 48.2 Å². The lowest BCUT2D eigenvalue weighted by atomic mass is 9.94. The Morgan fingerprint density at radius 1 is 1.00 bits per heavy atom. The summed E-state index contributed by atoms with van der Waals surface area (Å²) in [6, 6.07) is 13.2. The van der Waals surface area contributed by atoms with E-state index in [1.165, 1.54) is 27.8 Å². The van der Waals surface area contributed by atoms with Crippen molar-refractivity contribution in [3.63, 3.8) is 0 Å². The summed E-state index contributed by atoms with van der Waals surface area (Å²) in [6.07, 6.45) is 0. The Bertz CT molecular complexity index is 602.